The highest BCUT2D eigenvalue weighted by Crippen LogP contribution is 1.95. The summed E-state index contributed by atoms with van der Waals surface area (Å²) in [5.74, 6) is 0.0348. The fourth-order valence-corrected chi connectivity index (χ4v) is 0.945. The number of rotatable bonds is 4. The molecule has 0 aliphatic carbocycles. The van der Waals surface area contributed by atoms with Crippen molar-refractivity contribution >= 4 is 5.91 Å². The van der Waals surface area contributed by atoms with E-state index in [0.717, 1.165) is 0 Å². The van der Waals surface area contributed by atoms with Crippen LogP contribution in [0.2, 0.25) is 0 Å². The summed E-state index contributed by atoms with van der Waals surface area (Å²) in [7, 11) is 5.29. The van der Waals surface area contributed by atoms with Crippen molar-refractivity contribution in [1.29, 1.82) is 5.26 Å². The van der Waals surface area contributed by atoms with Gasteiger partial charge < -0.3 is 4.90 Å². The second kappa shape index (κ2) is 5.55. The van der Waals surface area contributed by atoms with Crippen LogP contribution >= 0.6 is 0 Å². The van der Waals surface area contributed by atoms with Gasteiger partial charge in [-0.25, -0.2) is 0 Å². The van der Waals surface area contributed by atoms with Crippen molar-refractivity contribution in [2.45, 2.75) is 6.92 Å². The summed E-state index contributed by atoms with van der Waals surface area (Å²) < 4.78 is 0. The fourth-order valence-electron chi connectivity index (χ4n) is 0.945. The van der Waals surface area contributed by atoms with Crippen LogP contribution in [0.5, 0.6) is 0 Å². The van der Waals surface area contributed by atoms with Gasteiger partial charge in [0, 0.05) is 20.6 Å². The molecule has 0 aliphatic rings. The monoisotopic (exact) mass is 183 g/mol. The minimum Gasteiger partial charge on any atom is -0.348 e. The molecule has 0 bridgehead atoms. The Morgan fingerprint density at radius 1 is 1.46 bits per heavy atom. The zero-order valence-corrected chi connectivity index (χ0v) is 8.74. The highest BCUT2D eigenvalue weighted by atomic mass is 16.2. The Morgan fingerprint density at radius 2 is 2.00 bits per heavy atom. The molecule has 4 nitrogen and oxygen atoms in total. The summed E-state index contributed by atoms with van der Waals surface area (Å²) in [5, 5.41) is 8.55. The van der Waals surface area contributed by atoms with Gasteiger partial charge in [-0.3, -0.25) is 9.69 Å². The summed E-state index contributed by atoms with van der Waals surface area (Å²) in [5.41, 5.74) is 0. The number of nitriles is 1. The first-order valence-corrected chi connectivity index (χ1v) is 4.25. The Balaban J connectivity index is 3.82. The SMILES string of the molecule is CC(C#N)CN(C)CC(=O)N(C)C. The molecule has 0 spiro atoms. The molecule has 13 heavy (non-hydrogen) atoms. The molecule has 0 saturated carbocycles. The van der Waals surface area contributed by atoms with Gasteiger partial charge in [-0.15, -0.1) is 0 Å². The molecule has 0 fully saturated rings. The summed E-state index contributed by atoms with van der Waals surface area (Å²) in [4.78, 5) is 14.6. The normalized spacial score (nSPS) is 12.3. The molecule has 0 aromatic carbocycles. The van der Waals surface area contributed by atoms with Crippen LogP contribution in [0.4, 0.5) is 0 Å². The van der Waals surface area contributed by atoms with E-state index in [1.807, 2.05) is 18.9 Å². The topological polar surface area (TPSA) is 47.3 Å². The number of nitrogens with zero attached hydrogens (tertiary/aromatic N) is 3. The van der Waals surface area contributed by atoms with Crippen LogP contribution in [0.25, 0.3) is 0 Å². The highest BCUT2D eigenvalue weighted by Gasteiger charge is 2.10. The smallest absolute Gasteiger partial charge is 0.236 e. The molecule has 74 valence electrons. The van der Waals surface area contributed by atoms with E-state index in [0.29, 0.717) is 13.1 Å². The Morgan fingerprint density at radius 3 is 2.38 bits per heavy atom. The molecule has 0 rings (SSSR count). The number of hydrogen-bond donors (Lipinski definition) is 0. The molecular weight excluding hydrogens is 166 g/mol. The van der Waals surface area contributed by atoms with Crippen LogP contribution in [0.3, 0.4) is 0 Å². The molecule has 0 saturated heterocycles. The zero-order chi connectivity index (χ0) is 10.4. The standard InChI is InChI=1S/C9H17N3O/c1-8(5-10)6-12(4)7-9(13)11(2)3/h8H,6-7H2,1-4H3. The van der Waals surface area contributed by atoms with Gasteiger partial charge in [-0.05, 0) is 14.0 Å². The average Bonchev–Trinajstić information content (AvgIpc) is 2.03. The molecule has 4 heteroatoms. The molecular formula is C9H17N3O. The van der Waals surface area contributed by atoms with E-state index < -0.39 is 0 Å². The van der Waals surface area contributed by atoms with Crippen LogP contribution in [-0.4, -0.2) is 49.9 Å². The van der Waals surface area contributed by atoms with Crippen LogP contribution in [0.1, 0.15) is 6.92 Å². The summed E-state index contributed by atoms with van der Waals surface area (Å²) in [6.07, 6.45) is 0. The second-order valence-corrected chi connectivity index (χ2v) is 3.52. The van der Waals surface area contributed by atoms with E-state index in [2.05, 4.69) is 6.07 Å². The lowest BCUT2D eigenvalue weighted by Crippen LogP contribution is -2.36. The average molecular weight is 183 g/mol. The van der Waals surface area contributed by atoms with E-state index in [1.54, 1.807) is 19.0 Å². The van der Waals surface area contributed by atoms with Gasteiger partial charge in [0.2, 0.25) is 5.91 Å². The van der Waals surface area contributed by atoms with Crippen LogP contribution in [0.15, 0.2) is 0 Å². The molecule has 0 radical (unpaired) electrons. The minimum absolute atomic E-state index is 0.0278. The molecule has 0 aromatic rings. The maximum atomic E-state index is 11.2. The molecule has 1 amide bonds. The van der Waals surface area contributed by atoms with Gasteiger partial charge in [0.05, 0.1) is 18.5 Å². The minimum atomic E-state index is -0.0278. The number of amides is 1. The van der Waals surface area contributed by atoms with Crippen molar-refractivity contribution in [3.05, 3.63) is 0 Å². The first kappa shape index (κ1) is 11.9. The molecule has 0 aromatic heterocycles. The maximum Gasteiger partial charge on any atom is 0.236 e. The number of hydrogen-bond acceptors (Lipinski definition) is 3. The Hall–Kier alpha value is -1.08. The summed E-state index contributed by atoms with van der Waals surface area (Å²) >= 11 is 0. The Bertz CT molecular complexity index is 207. The van der Waals surface area contributed by atoms with Gasteiger partial charge in [-0.2, -0.15) is 5.26 Å². The van der Waals surface area contributed by atoms with E-state index >= 15 is 0 Å². The number of carbonyl (C=O) groups is 1. The highest BCUT2D eigenvalue weighted by molar-refractivity contribution is 5.77. The van der Waals surface area contributed by atoms with Crippen molar-refractivity contribution in [2.24, 2.45) is 5.92 Å². The second-order valence-electron chi connectivity index (χ2n) is 3.52. The van der Waals surface area contributed by atoms with Crippen LogP contribution < -0.4 is 0 Å². The van der Waals surface area contributed by atoms with Gasteiger partial charge in [-0.1, -0.05) is 0 Å². The van der Waals surface area contributed by atoms with Crippen molar-refractivity contribution < 1.29 is 4.79 Å². The van der Waals surface area contributed by atoms with Crippen molar-refractivity contribution in [2.75, 3.05) is 34.2 Å². The zero-order valence-electron chi connectivity index (χ0n) is 8.74. The lowest BCUT2D eigenvalue weighted by molar-refractivity contribution is -0.129. The van der Waals surface area contributed by atoms with Crippen molar-refractivity contribution in [1.82, 2.24) is 9.80 Å². The predicted molar refractivity (Wildman–Crippen MR) is 51.0 cm³/mol. The van der Waals surface area contributed by atoms with E-state index in [4.69, 9.17) is 5.26 Å². The fraction of sp³-hybridized carbons (Fsp3) is 0.778. The molecule has 1 unspecified atom stereocenters. The third-order valence-electron chi connectivity index (χ3n) is 1.71. The quantitative estimate of drug-likeness (QED) is 0.624. The largest absolute Gasteiger partial charge is 0.348 e. The summed E-state index contributed by atoms with van der Waals surface area (Å²) in [6, 6.07) is 2.13. The molecule has 1 atom stereocenters. The predicted octanol–water partition coefficient (Wildman–Crippen LogP) is 0.166. The van der Waals surface area contributed by atoms with E-state index in [9.17, 15) is 4.79 Å². The summed E-state index contributed by atoms with van der Waals surface area (Å²) in [6.45, 7) is 2.85. The molecule has 0 heterocycles. The van der Waals surface area contributed by atoms with E-state index in [1.165, 1.54) is 0 Å². The first-order valence-electron chi connectivity index (χ1n) is 4.25. The van der Waals surface area contributed by atoms with Gasteiger partial charge >= 0.3 is 0 Å². The number of likely N-dealkylation sites (N-methyl/N-ethyl adjacent to an activating group) is 2. The third-order valence-corrected chi connectivity index (χ3v) is 1.71. The van der Waals surface area contributed by atoms with Gasteiger partial charge in [0.15, 0.2) is 0 Å². The lowest BCUT2D eigenvalue weighted by Gasteiger charge is -2.19. The van der Waals surface area contributed by atoms with Gasteiger partial charge in [0.25, 0.3) is 0 Å². The number of carbonyl (C=O) groups excluding carboxylic acids is 1. The van der Waals surface area contributed by atoms with E-state index in [-0.39, 0.29) is 11.8 Å². The Labute approximate surface area is 79.7 Å². The molecule has 0 aliphatic heterocycles. The lowest BCUT2D eigenvalue weighted by atomic mass is 10.2. The van der Waals surface area contributed by atoms with Crippen LogP contribution in [-0.2, 0) is 4.79 Å². The molecule has 0 N–H and O–H groups in total. The maximum absolute atomic E-state index is 11.2. The van der Waals surface area contributed by atoms with Crippen molar-refractivity contribution in [3.8, 4) is 6.07 Å². The van der Waals surface area contributed by atoms with Crippen molar-refractivity contribution in [3.63, 3.8) is 0 Å². The third kappa shape index (κ3) is 5.21. The van der Waals surface area contributed by atoms with Gasteiger partial charge in [0.1, 0.15) is 0 Å². The Kier molecular flexibility index (Phi) is 5.09. The first-order chi connectivity index (χ1) is 5.97. The van der Waals surface area contributed by atoms with Crippen LogP contribution in [0, 0.1) is 17.2 Å².